The van der Waals surface area contributed by atoms with Gasteiger partial charge in [0.2, 0.25) is 5.91 Å². The van der Waals surface area contributed by atoms with Crippen LogP contribution in [0.3, 0.4) is 0 Å². The van der Waals surface area contributed by atoms with E-state index in [4.69, 9.17) is 0 Å². The van der Waals surface area contributed by atoms with Crippen molar-refractivity contribution >= 4 is 5.91 Å². The summed E-state index contributed by atoms with van der Waals surface area (Å²) in [5, 5.41) is 9.69. The lowest BCUT2D eigenvalue weighted by Crippen LogP contribution is -2.47. The predicted molar refractivity (Wildman–Crippen MR) is 72.1 cm³/mol. The van der Waals surface area contributed by atoms with E-state index in [2.05, 4.69) is 20.8 Å². The second-order valence-corrected chi connectivity index (χ2v) is 7.19. The molecule has 1 amide bonds. The van der Waals surface area contributed by atoms with Gasteiger partial charge in [0.05, 0.1) is 6.10 Å². The van der Waals surface area contributed by atoms with Crippen LogP contribution in [0, 0.1) is 17.3 Å². The number of hydrogen-bond donors (Lipinski definition) is 1. The molecule has 1 saturated heterocycles. The van der Waals surface area contributed by atoms with Crippen LogP contribution in [0.1, 0.15) is 52.9 Å². The van der Waals surface area contributed by atoms with E-state index in [0.717, 1.165) is 32.2 Å². The van der Waals surface area contributed by atoms with E-state index >= 15 is 0 Å². The van der Waals surface area contributed by atoms with E-state index in [1.165, 1.54) is 6.42 Å². The molecule has 0 spiro atoms. The number of likely N-dealkylation sites (tertiary alicyclic amines) is 1. The first-order valence-corrected chi connectivity index (χ1v) is 7.34. The maximum atomic E-state index is 12.5. The van der Waals surface area contributed by atoms with Crippen LogP contribution in [0.4, 0.5) is 0 Å². The van der Waals surface area contributed by atoms with E-state index in [1.807, 2.05) is 4.90 Å². The van der Waals surface area contributed by atoms with Gasteiger partial charge in [0.1, 0.15) is 0 Å². The third kappa shape index (κ3) is 3.25. The highest BCUT2D eigenvalue weighted by Gasteiger charge is 2.37. The van der Waals surface area contributed by atoms with E-state index in [9.17, 15) is 9.90 Å². The molecule has 3 unspecified atom stereocenters. The number of aliphatic hydroxyl groups is 1. The summed E-state index contributed by atoms with van der Waals surface area (Å²) in [5.41, 5.74) is 0.284. The summed E-state index contributed by atoms with van der Waals surface area (Å²) in [6.45, 7) is 8.18. The van der Waals surface area contributed by atoms with Gasteiger partial charge in [-0.2, -0.15) is 0 Å². The molecule has 3 atom stereocenters. The second-order valence-electron chi connectivity index (χ2n) is 7.19. The molecule has 3 nitrogen and oxygen atoms in total. The number of carbonyl (C=O) groups excluding carboxylic acids is 1. The lowest BCUT2D eigenvalue weighted by Gasteiger charge is -2.41. The molecule has 0 radical (unpaired) electrons. The largest absolute Gasteiger partial charge is 0.391 e. The van der Waals surface area contributed by atoms with Crippen LogP contribution in [0.25, 0.3) is 0 Å². The Kier molecular flexibility index (Phi) is 4.00. The minimum atomic E-state index is -0.309. The lowest BCUT2D eigenvalue weighted by molar-refractivity contribution is -0.141. The molecule has 1 aliphatic carbocycles. The summed E-state index contributed by atoms with van der Waals surface area (Å²) >= 11 is 0. The highest BCUT2D eigenvalue weighted by molar-refractivity contribution is 5.79. The Bertz CT molecular complexity index is 314. The highest BCUT2D eigenvalue weighted by Crippen LogP contribution is 2.42. The van der Waals surface area contributed by atoms with Crippen LogP contribution in [0.2, 0.25) is 0 Å². The standard InChI is InChI=1S/C15H27NO2/c1-11-7-12(9-15(2,3)8-11)14(18)16-6-4-5-13(17)10-16/h11-13,17H,4-10H2,1-3H3. The quantitative estimate of drug-likeness (QED) is 0.779. The van der Waals surface area contributed by atoms with Crippen LogP contribution >= 0.6 is 0 Å². The van der Waals surface area contributed by atoms with Crippen molar-refractivity contribution in [1.82, 2.24) is 4.90 Å². The fourth-order valence-corrected chi connectivity index (χ4v) is 3.95. The first kappa shape index (κ1) is 13.9. The number of rotatable bonds is 1. The summed E-state index contributed by atoms with van der Waals surface area (Å²) in [4.78, 5) is 14.4. The van der Waals surface area contributed by atoms with Crippen molar-refractivity contribution in [3.8, 4) is 0 Å². The Balaban J connectivity index is 1.99. The number of carbonyl (C=O) groups is 1. The number of piperidine rings is 1. The zero-order valence-corrected chi connectivity index (χ0v) is 12.0. The predicted octanol–water partition coefficient (Wildman–Crippen LogP) is 2.43. The fourth-order valence-electron chi connectivity index (χ4n) is 3.95. The molecule has 0 aromatic rings. The number of aliphatic hydroxyl groups excluding tert-OH is 1. The SMILES string of the molecule is CC1CC(C(=O)N2CCCC(O)C2)CC(C)(C)C1. The molecule has 2 aliphatic rings. The summed E-state index contributed by atoms with van der Waals surface area (Å²) in [7, 11) is 0. The Morgan fingerprint density at radius 1 is 1.33 bits per heavy atom. The van der Waals surface area contributed by atoms with Gasteiger partial charge in [-0.05, 0) is 43.4 Å². The van der Waals surface area contributed by atoms with Crippen LogP contribution in [0.5, 0.6) is 0 Å². The molecule has 1 saturated carbocycles. The molecular formula is C15H27NO2. The minimum Gasteiger partial charge on any atom is -0.391 e. The van der Waals surface area contributed by atoms with E-state index in [0.29, 0.717) is 12.5 Å². The second kappa shape index (κ2) is 5.20. The summed E-state index contributed by atoms with van der Waals surface area (Å²) in [5.74, 6) is 1.10. The number of β-amino-alcohol motifs (C(OH)–C–C–N with tert-alkyl or cyclic N) is 1. The number of nitrogens with zero attached hydrogens (tertiary/aromatic N) is 1. The fraction of sp³-hybridized carbons (Fsp3) is 0.933. The Labute approximate surface area is 111 Å². The molecule has 104 valence electrons. The molecule has 2 fully saturated rings. The zero-order chi connectivity index (χ0) is 13.3. The molecule has 2 rings (SSSR count). The van der Waals surface area contributed by atoms with Crippen molar-refractivity contribution in [2.75, 3.05) is 13.1 Å². The first-order chi connectivity index (χ1) is 8.37. The maximum Gasteiger partial charge on any atom is 0.225 e. The van der Waals surface area contributed by atoms with Crippen LogP contribution in [0.15, 0.2) is 0 Å². The molecule has 0 aromatic heterocycles. The van der Waals surface area contributed by atoms with Crippen molar-refractivity contribution in [1.29, 1.82) is 0 Å². The Hall–Kier alpha value is -0.570. The Morgan fingerprint density at radius 2 is 2.06 bits per heavy atom. The van der Waals surface area contributed by atoms with Crippen molar-refractivity contribution in [3.05, 3.63) is 0 Å². The molecule has 3 heteroatoms. The molecule has 1 N–H and O–H groups in total. The van der Waals surface area contributed by atoms with Crippen molar-refractivity contribution in [2.45, 2.75) is 59.0 Å². The molecule has 1 aliphatic heterocycles. The van der Waals surface area contributed by atoms with E-state index in [1.54, 1.807) is 0 Å². The van der Waals surface area contributed by atoms with Gasteiger partial charge in [0.25, 0.3) is 0 Å². The molecule has 0 bridgehead atoms. The maximum absolute atomic E-state index is 12.5. The van der Waals surface area contributed by atoms with Gasteiger partial charge in [-0.15, -0.1) is 0 Å². The van der Waals surface area contributed by atoms with E-state index < -0.39 is 0 Å². The van der Waals surface area contributed by atoms with Gasteiger partial charge in [-0.25, -0.2) is 0 Å². The van der Waals surface area contributed by atoms with Crippen molar-refractivity contribution in [2.24, 2.45) is 17.3 Å². The third-order valence-electron chi connectivity index (χ3n) is 4.44. The van der Waals surface area contributed by atoms with Gasteiger partial charge in [-0.1, -0.05) is 20.8 Å². The molecular weight excluding hydrogens is 226 g/mol. The van der Waals surface area contributed by atoms with Crippen molar-refractivity contribution < 1.29 is 9.90 Å². The van der Waals surface area contributed by atoms with Gasteiger partial charge in [0, 0.05) is 19.0 Å². The van der Waals surface area contributed by atoms with Gasteiger partial charge in [-0.3, -0.25) is 4.79 Å². The zero-order valence-electron chi connectivity index (χ0n) is 12.0. The Morgan fingerprint density at radius 3 is 2.67 bits per heavy atom. The van der Waals surface area contributed by atoms with Crippen LogP contribution in [-0.2, 0) is 4.79 Å². The highest BCUT2D eigenvalue weighted by atomic mass is 16.3. The molecule has 0 aromatic carbocycles. The number of amides is 1. The average Bonchev–Trinajstić information content (AvgIpc) is 2.25. The normalized spacial score (nSPS) is 36.4. The monoisotopic (exact) mass is 253 g/mol. The summed E-state index contributed by atoms with van der Waals surface area (Å²) in [6.07, 6.45) is 4.73. The van der Waals surface area contributed by atoms with Gasteiger partial charge in [0.15, 0.2) is 0 Å². The van der Waals surface area contributed by atoms with Crippen LogP contribution in [-0.4, -0.2) is 35.1 Å². The van der Waals surface area contributed by atoms with Crippen LogP contribution < -0.4 is 0 Å². The first-order valence-electron chi connectivity index (χ1n) is 7.34. The van der Waals surface area contributed by atoms with Crippen molar-refractivity contribution in [3.63, 3.8) is 0 Å². The van der Waals surface area contributed by atoms with E-state index in [-0.39, 0.29) is 23.3 Å². The molecule has 18 heavy (non-hydrogen) atoms. The minimum absolute atomic E-state index is 0.175. The lowest BCUT2D eigenvalue weighted by atomic mass is 9.67. The summed E-state index contributed by atoms with van der Waals surface area (Å²) < 4.78 is 0. The summed E-state index contributed by atoms with van der Waals surface area (Å²) in [6, 6.07) is 0. The van der Waals surface area contributed by atoms with Gasteiger partial charge >= 0.3 is 0 Å². The number of hydrogen-bond acceptors (Lipinski definition) is 2. The molecule has 1 heterocycles. The van der Waals surface area contributed by atoms with Gasteiger partial charge < -0.3 is 10.0 Å². The smallest absolute Gasteiger partial charge is 0.225 e. The average molecular weight is 253 g/mol. The third-order valence-corrected chi connectivity index (χ3v) is 4.44. The topological polar surface area (TPSA) is 40.5 Å².